The fourth-order valence-electron chi connectivity index (χ4n) is 4.92. The summed E-state index contributed by atoms with van der Waals surface area (Å²) in [5.74, 6) is 0.430. The lowest BCUT2D eigenvalue weighted by Crippen LogP contribution is -2.31. The number of anilines is 1. The number of carbonyl (C=O) groups is 2. The van der Waals surface area contributed by atoms with Crippen molar-refractivity contribution < 1.29 is 19.4 Å². The fourth-order valence-corrected chi connectivity index (χ4v) is 4.92. The van der Waals surface area contributed by atoms with Gasteiger partial charge in [0.2, 0.25) is 0 Å². The molecule has 0 spiro atoms. The largest absolute Gasteiger partial charge is 0.493 e. The molecule has 0 saturated heterocycles. The monoisotopic (exact) mass is 557 g/mol. The Hall–Kier alpha value is -4.51. The number of carboxylic acids is 1. The highest BCUT2D eigenvalue weighted by Crippen LogP contribution is 2.29. The minimum atomic E-state index is -0.981. The number of likely N-dealkylation sites (N-methyl/N-ethyl adjacent to an activating group) is 1. The smallest absolute Gasteiger partial charge is 0.305 e. The number of nitrogens with zero attached hydrogens (tertiary/aromatic N) is 5. The molecule has 1 aliphatic heterocycles. The first kappa shape index (κ1) is 28.0. The highest BCUT2D eigenvalue weighted by atomic mass is 16.5. The van der Waals surface area contributed by atoms with Gasteiger partial charge in [0.05, 0.1) is 36.3 Å². The van der Waals surface area contributed by atoms with Gasteiger partial charge < -0.3 is 25.4 Å². The van der Waals surface area contributed by atoms with Crippen molar-refractivity contribution >= 4 is 28.6 Å². The lowest BCUT2D eigenvalue weighted by molar-refractivity contribution is -0.137. The molecule has 1 atom stereocenters. The summed E-state index contributed by atoms with van der Waals surface area (Å²) in [6.07, 6.45) is 7.41. The van der Waals surface area contributed by atoms with Crippen molar-refractivity contribution in [1.29, 1.82) is 0 Å². The van der Waals surface area contributed by atoms with Crippen LogP contribution in [0.15, 0.2) is 55.0 Å². The number of aromatic nitrogens is 4. The van der Waals surface area contributed by atoms with Crippen molar-refractivity contribution in [2.75, 3.05) is 45.7 Å². The molecule has 0 bridgehead atoms. The summed E-state index contributed by atoms with van der Waals surface area (Å²) >= 11 is 0. The van der Waals surface area contributed by atoms with Gasteiger partial charge in [0, 0.05) is 49.5 Å². The second kappa shape index (κ2) is 12.8. The van der Waals surface area contributed by atoms with Gasteiger partial charge in [-0.25, -0.2) is 4.98 Å². The minimum Gasteiger partial charge on any atom is -0.493 e. The summed E-state index contributed by atoms with van der Waals surface area (Å²) in [5, 5.41) is 21.3. The van der Waals surface area contributed by atoms with E-state index in [2.05, 4.69) is 32.8 Å². The predicted octanol–water partition coefficient (Wildman–Crippen LogP) is 3.16. The zero-order chi connectivity index (χ0) is 28.8. The van der Waals surface area contributed by atoms with E-state index in [1.807, 2.05) is 37.2 Å². The van der Waals surface area contributed by atoms with Gasteiger partial charge >= 0.3 is 5.97 Å². The molecule has 0 fully saturated rings. The third kappa shape index (κ3) is 6.98. The van der Waals surface area contributed by atoms with Crippen LogP contribution >= 0.6 is 0 Å². The van der Waals surface area contributed by atoms with Gasteiger partial charge in [-0.05, 0) is 68.4 Å². The van der Waals surface area contributed by atoms with Crippen LogP contribution in [0.2, 0.25) is 0 Å². The van der Waals surface area contributed by atoms with Crippen molar-refractivity contribution in [2.24, 2.45) is 0 Å². The zero-order valence-corrected chi connectivity index (χ0v) is 23.3. The summed E-state index contributed by atoms with van der Waals surface area (Å²) in [6, 6.07) is 10.9. The van der Waals surface area contributed by atoms with Gasteiger partial charge in [0.15, 0.2) is 0 Å². The molecule has 0 aliphatic carbocycles. The van der Waals surface area contributed by atoms with Gasteiger partial charge in [0.25, 0.3) is 5.91 Å². The molecule has 3 N–H and O–H groups in total. The molecule has 4 aromatic rings. The summed E-state index contributed by atoms with van der Waals surface area (Å²) in [6.45, 7) is 2.62. The minimum absolute atomic E-state index is 0.217. The number of ether oxygens (including phenoxy) is 1. The number of pyridine rings is 2. The van der Waals surface area contributed by atoms with Crippen LogP contribution in [0.5, 0.6) is 5.75 Å². The van der Waals surface area contributed by atoms with E-state index in [9.17, 15) is 14.7 Å². The molecule has 11 nitrogen and oxygen atoms in total. The fraction of sp³-hybridized carbons (Fsp3) is 0.367. The summed E-state index contributed by atoms with van der Waals surface area (Å²) in [7, 11) is 3.86. The number of carboxylic acid groups (broad SMARTS) is 1. The Morgan fingerprint density at radius 3 is 2.88 bits per heavy atom. The normalized spacial score (nSPS) is 13.4. The molecule has 1 unspecified atom stereocenters. The Balaban J connectivity index is 1.29. The van der Waals surface area contributed by atoms with Crippen LogP contribution in [0.25, 0.3) is 10.9 Å². The molecule has 11 heteroatoms. The van der Waals surface area contributed by atoms with Crippen LogP contribution in [-0.2, 0) is 17.6 Å². The van der Waals surface area contributed by atoms with Crippen molar-refractivity contribution in [3.63, 3.8) is 0 Å². The second-order valence-corrected chi connectivity index (χ2v) is 10.4. The highest BCUT2D eigenvalue weighted by Gasteiger charge is 2.22. The lowest BCUT2D eigenvalue weighted by Gasteiger charge is -2.18. The van der Waals surface area contributed by atoms with Gasteiger partial charge in [-0.15, -0.1) is 0 Å². The van der Waals surface area contributed by atoms with E-state index in [1.54, 1.807) is 23.1 Å². The number of amides is 1. The van der Waals surface area contributed by atoms with Crippen LogP contribution in [0.1, 0.15) is 46.1 Å². The van der Waals surface area contributed by atoms with E-state index in [4.69, 9.17) is 9.72 Å². The number of hydrogen-bond acceptors (Lipinski definition) is 8. The molecular weight excluding hydrogens is 522 g/mol. The Labute approximate surface area is 238 Å². The van der Waals surface area contributed by atoms with Crippen LogP contribution < -0.4 is 15.4 Å². The van der Waals surface area contributed by atoms with Gasteiger partial charge in [-0.2, -0.15) is 5.10 Å². The maximum atomic E-state index is 12.7. The van der Waals surface area contributed by atoms with Gasteiger partial charge in [-0.1, -0.05) is 6.07 Å². The number of fused-ring (bicyclic) bond motifs is 2. The van der Waals surface area contributed by atoms with Crippen LogP contribution in [-0.4, -0.2) is 82.0 Å². The van der Waals surface area contributed by atoms with Gasteiger partial charge in [0.1, 0.15) is 11.6 Å². The molecule has 1 amide bonds. The van der Waals surface area contributed by atoms with E-state index in [-0.39, 0.29) is 12.3 Å². The first-order valence-corrected chi connectivity index (χ1v) is 13.8. The number of rotatable bonds is 12. The number of hydrogen-bond donors (Lipinski definition) is 3. The van der Waals surface area contributed by atoms with Crippen molar-refractivity contribution in [3.8, 4) is 5.75 Å². The predicted molar refractivity (Wildman–Crippen MR) is 155 cm³/mol. The number of carbonyl (C=O) groups excluding carboxylic acids is 1. The molecule has 41 heavy (non-hydrogen) atoms. The summed E-state index contributed by atoms with van der Waals surface area (Å²) in [4.78, 5) is 35.4. The molecule has 214 valence electrons. The molecular formula is C30H35N7O4. The van der Waals surface area contributed by atoms with Crippen LogP contribution in [0.4, 0.5) is 5.82 Å². The van der Waals surface area contributed by atoms with Crippen molar-refractivity contribution in [1.82, 2.24) is 30.0 Å². The molecule has 3 aromatic heterocycles. The SMILES string of the molecule is CN(C)CCNC(=O)c1cncc(C(CC(=O)O)n2ncc3cc(OCCc4ccc5c(n4)NCCC5)ccc32)c1. The van der Waals surface area contributed by atoms with Crippen LogP contribution in [0.3, 0.4) is 0 Å². The Morgan fingerprint density at radius 2 is 2.05 bits per heavy atom. The average Bonchev–Trinajstić information content (AvgIpc) is 3.38. The number of aliphatic carboxylic acids is 1. The summed E-state index contributed by atoms with van der Waals surface area (Å²) < 4.78 is 7.69. The van der Waals surface area contributed by atoms with E-state index in [1.165, 1.54) is 11.8 Å². The third-order valence-corrected chi connectivity index (χ3v) is 7.06. The number of nitrogens with one attached hydrogen (secondary N) is 2. The Bertz CT molecular complexity index is 1530. The van der Waals surface area contributed by atoms with E-state index < -0.39 is 12.0 Å². The quantitative estimate of drug-likeness (QED) is 0.240. The Kier molecular flexibility index (Phi) is 8.73. The van der Waals surface area contributed by atoms with Gasteiger partial charge in [-0.3, -0.25) is 19.3 Å². The first-order chi connectivity index (χ1) is 19.9. The van der Waals surface area contributed by atoms with Crippen molar-refractivity contribution in [3.05, 3.63) is 77.4 Å². The lowest BCUT2D eigenvalue weighted by atomic mass is 10.0. The van der Waals surface area contributed by atoms with E-state index >= 15 is 0 Å². The molecule has 1 aliphatic rings. The van der Waals surface area contributed by atoms with E-state index in [0.29, 0.717) is 43.0 Å². The number of benzene rings is 1. The van der Waals surface area contributed by atoms with Crippen molar-refractivity contribution in [2.45, 2.75) is 31.7 Å². The van der Waals surface area contributed by atoms with E-state index in [0.717, 1.165) is 41.8 Å². The topological polar surface area (TPSA) is 134 Å². The molecule has 5 rings (SSSR count). The second-order valence-electron chi connectivity index (χ2n) is 10.4. The standard InChI is InChI=1S/C30H35N7O4/c1-36(2)12-11-33-30(40)23-14-21(17-31-18-23)27(16-28(38)39)37-26-8-7-25(15-22(26)19-34-37)41-13-9-24-6-5-20-4-3-10-32-29(20)35-24/h5-8,14-15,17-19,27H,3-4,9-13,16H2,1-2H3,(H,32,35)(H,33,40)(H,38,39). The first-order valence-electron chi connectivity index (χ1n) is 13.8. The zero-order valence-electron chi connectivity index (χ0n) is 23.3. The molecule has 1 aromatic carbocycles. The number of aryl methyl sites for hydroxylation is 1. The third-order valence-electron chi connectivity index (χ3n) is 7.06. The molecule has 0 saturated carbocycles. The molecule has 4 heterocycles. The Morgan fingerprint density at radius 1 is 1.17 bits per heavy atom. The highest BCUT2D eigenvalue weighted by molar-refractivity contribution is 5.94. The maximum Gasteiger partial charge on any atom is 0.305 e. The maximum absolute atomic E-state index is 12.7. The molecule has 0 radical (unpaired) electrons. The van der Waals surface area contributed by atoms with Crippen LogP contribution in [0, 0.1) is 0 Å². The summed E-state index contributed by atoms with van der Waals surface area (Å²) in [5.41, 5.74) is 3.95. The average molecular weight is 558 g/mol.